The van der Waals surface area contributed by atoms with E-state index in [1.165, 1.54) is 45.1 Å². The summed E-state index contributed by atoms with van der Waals surface area (Å²) in [6.45, 7) is 3.71. The van der Waals surface area contributed by atoms with Crippen LogP contribution in [0.25, 0.3) is 0 Å². The Morgan fingerprint density at radius 3 is 2.38 bits per heavy atom. The first-order valence-electron chi connectivity index (χ1n) is 6.02. The quantitative estimate of drug-likeness (QED) is 0.699. The molecule has 0 amide bonds. The van der Waals surface area contributed by atoms with E-state index in [1.54, 1.807) is 0 Å². The Bertz CT molecular complexity index is 197. The second-order valence-electron chi connectivity index (χ2n) is 5.79. The predicted molar refractivity (Wildman–Crippen MR) is 54.6 cm³/mol. The third-order valence-corrected chi connectivity index (χ3v) is 4.45. The molecular weight excluding hydrogens is 158 g/mol. The third kappa shape index (κ3) is 1.52. The first kappa shape index (κ1) is 8.28. The standard InChI is InChI=1S/C12H21N/c1-9-6-11(7-9)13-8-12(4-5-12)10-2-3-10/h9-11,13H,2-8H2,1H3. The van der Waals surface area contributed by atoms with Gasteiger partial charge in [-0.05, 0) is 55.8 Å². The maximum atomic E-state index is 3.77. The Morgan fingerprint density at radius 2 is 1.92 bits per heavy atom. The van der Waals surface area contributed by atoms with Gasteiger partial charge in [0.05, 0.1) is 0 Å². The molecule has 0 spiro atoms. The Morgan fingerprint density at radius 1 is 1.23 bits per heavy atom. The lowest BCUT2D eigenvalue weighted by atomic mass is 9.81. The van der Waals surface area contributed by atoms with E-state index in [0.717, 1.165) is 23.3 Å². The number of nitrogens with one attached hydrogen (secondary N) is 1. The maximum absolute atomic E-state index is 3.77. The summed E-state index contributed by atoms with van der Waals surface area (Å²) >= 11 is 0. The van der Waals surface area contributed by atoms with Crippen LogP contribution in [0.4, 0.5) is 0 Å². The Kier molecular flexibility index (Phi) is 1.74. The van der Waals surface area contributed by atoms with Crippen LogP contribution in [0.2, 0.25) is 0 Å². The third-order valence-electron chi connectivity index (χ3n) is 4.45. The van der Waals surface area contributed by atoms with Crippen molar-refractivity contribution in [3.05, 3.63) is 0 Å². The summed E-state index contributed by atoms with van der Waals surface area (Å²) in [6.07, 6.45) is 8.97. The van der Waals surface area contributed by atoms with Gasteiger partial charge in [-0.3, -0.25) is 0 Å². The molecule has 0 bridgehead atoms. The molecule has 0 radical (unpaired) electrons. The lowest BCUT2D eigenvalue weighted by Crippen LogP contribution is -2.43. The minimum Gasteiger partial charge on any atom is -0.313 e. The molecule has 74 valence electrons. The van der Waals surface area contributed by atoms with Gasteiger partial charge < -0.3 is 5.32 Å². The minimum atomic E-state index is 0.804. The van der Waals surface area contributed by atoms with Crippen molar-refractivity contribution in [2.75, 3.05) is 6.54 Å². The van der Waals surface area contributed by atoms with Gasteiger partial charge in [0.25, 0.3) is 0 Å². The van der Waals surface area contributed by atoms with Crippen molar-refractivity contribution >= 4 is 0 Å². The topological polar surface area (TPSA) is 12.0 Å². The van der Waals surface area contributed by atoms with Gasteiger partial charge in [-0.15, -0.1) is 0 Å². The average Bonchev–Trinajstić information content (AvgIpc) is 2.84. The zero-order chi connectivity index (χ0) is 8.89. The van der Waals surface area contributed by atoms with Gasteiger partial charge >= 0.3 is 0 Å². The lowest BCUT2D eigenvalue weighted by Gasteiger charge is -2.34. The maximum Gasteiger partial charge on any atom is 0.00723 e. The molecule has 3 aliphatic rings. The first-order valence-corrected chi connectivity index (χ1v) is 6.02. The van der Waals surface area contributed by atoms with E-state index < -0.39 is 0 Å². The second-order valence-corrected chi connectivity index (χ2v) is 5.79. The fraction of sp³-hybridized carbons (Fsp3) is 1.00. The van der Waals surface area contributed by atoms with Gasteiger partial charge in [0.2, 0.25) is 0 Å². The molecule has 1 N–H and O–H groups in total. The molecule has 1 nitrogen and oxygen atoms in total. The Hall–Kier alpha value is -0.0400. The van der Waals surface area contributed by atoms with Crippen LogP contribution in [0.1, 0.15) is 45.4 Å². The van der Waals surface area contributed by atoms with Crippen molar-refractivity contribution in [3.8, 4) is 0 Å². The van der Waals surface area contributed by atoms with Crippen molar-refractivity contribution in [1.29, 1.82) is 0 Å². The molecule has 3 aliphatic carbocycles. The number of rotatable bonds is 4. The number of hydrogen-bond acceptors (Lipinski definition) is 1. The first-order chi connectivity index (χ1) is 6.28. The number of hydrogen-bond donors (Lipinski definition) is 1. The van der Waals surface area contributed by atoms with Gasteiger partial charge in [-0.1, -0.05) is 6.92 Å². The molecule has 0 aliphatic heterocycles. The van der Waals surface area contributed by atoms with Crippen LogP contribution in [0.5, 0.6) is 0 Å². The summed E-state index contributed by atoms with van der Waals surface area (Å²) in [5, 5.41) is 3.77. The van der Waals surface area contributed by atoms with E-state index in [-0.39, 0.29) is 0 Å². The largest absolute Gasteiger partial charge is 0.313 e. The monoisotopic (exact) mass is 179 g/mol. The fourth-order valence-corrected chi connectivity index (χ4v) is 3.00. The molecule has 0 unspecified atom stereocenters. The average molecular weight is 179 g/mol. The predicted octanol–water partition coefficient (Wildman–Crippen LogP) is 2.56. The smallest absolute Gasteiger partial charge is 0.00723 e. The minimum absolute atomic E-state index is 0.804. The normalized spacial score (nSPS) is 41.3. The van der Waals surface area contributed by atoms with Crippen LogP contribution >= 0.6 is 0 Å². The van der Waals surface area contributed by atoms with Crippen LogP contribution in [0, 0.1) is 17.3 Å². The Labute approximate surface area is 81.3 Å². The summed E-state index contributed by atoms with van der Waals surface area (Å²) < 4.78 is 0. The van der Waals surface area contributed by atoms with Crippen molar-refractivity contribution < 1.29 is 0 Å². The van der Waals surface area contributed by atoms with E-state index in [1.807, 2.05) is 0 Å². The molecule has 0 heterocycles. The van der Waals surface area contributed by atoms with Crippen molar-refractivity contribution in [2.24, 2.45) is 17.3 Å². The van der Waals surface area contributed by atoms with Gasteiger partial charge in [0.1, 0.15) is 0 Å². The summed E-state index contributed by atoms with van der Waals surface area (Å²) in [5.74, 6) is 2.12. The molecule has 3 saturated carbocycles. The molecule has 3 fully saturated rings. The van der Waals surface area contributed by atoms with Crippen LogP contribution in [-0.4, -0.2) is 12.6 Å². The van der Waals surface area contributed by atoms with Crippen molar-refractivity contribution in [3.63, 3.8) is 0 Å². The molecule has 0 aromatic carbocycles. The van der Waals surface area contributed by atoms with Gasteiger partial charge in [0, 0.05) is 12.6 Å². The molecule has 13 heavy (non-hydrogen) atoms. The molecule has 0 aromatic rings. The molecule has 1 heteroatoms. The van der Waals surface area contributed by atoms with Gasteiger partial charge in [-0.25, -0.2) is 0 Å². The molecule has 0 saturated heterocycles. The fourth-order valence-electron chi connectivity index (χ4n) is 3.00. The highest BCUT2D eigenvalue weighted by molar-refractivity contribution is 5.05. The van der Waals surface area contributed by atoms with Crippen molar-refractivity contribution in [2.45, 2.75) is 51.5 Å². The SMILES string of the molecule is CC1CC(NCC2(C3CC3)CC2)C1. The molecule has 3 rings (SSSR count). The molecule has 0 atom stereocenters. The summed E-state index contributed by atoms with van der Waals surface area (Å²) in [5.41, 5.74) is 0.804. The van der Waals surface area contributed by atoms with Crippen LogP contribution in [-0.2, 0) is 0 Å². The van der Waals surface area contributed by atoms with Gasteiger partial charge in [-0.2, -0.15) is 0 Å². The highest BCUT2D eigenvalue weighted by atomic mass is 15.0. The van der Waals surface area contributed by atoms with Crippen LogP contribution in [0.3, 0.4) is 0 Å². The summed E-state index contributed by atoms with van der Waals surface area (Å²) in [4.78, 5) is 0. The van der Waals surface area contributed by atoms with Crippen LogP contribution in [0.15, 0.2) is 0 Å². The summed E-state index contributed by atoms with van der Waals surface area (Å²) in [6, 6.07) is 0.881. The van der Waals surface area contributed by atoms with E-state index in [0.29, 0.717) is 0 Å². The van der Waals surface area contributed by atoms with E-state index >= 15 is 0 Å². The molecule has 0 aromatic heterocycles. The highest BCUT2D eigenvalue weighted by Gasteiger charge is 2.53. The molecular formula is C12H21N. The van der Waals surface area contributed by atoms with E-state index in [4.69, 9.17) is 0 Å². The van der Waals surface area contributed by atoms with E-state index in [9.17, 15) is 0 Å². The Balaban J connectivity index is 1.43. The summed E-state index contributed by atoms with van der Waals surface area (Å²) in [7, 11) is 0. The van der Waals surface area contributed by atoms with E-state index in [2.05, 4.69) is 12.2 Å². The van der Waals surface area contributed by atoms with Crippen LogP contribution < -0.4 is 5.32 Å². The lowest BCUT2D eigenvalue weighted by molar-refractivity contribution is 0.223. The highest BCUT2D eigenvalue weighted by Crippen LogP contribution is 2.60. The zero-order valence-corrected chi connectivity index (χ0v) is 8.68. The van der Waals surface area contributed by atoms with Crippen molar-refractivity contribution in [1.82, 2.24) is 5.32 Å². The second kappa shape index (κ2) is 2.73. The van der Waals surface area contributed by atoms with Gasteiger partial charge in [0.15, 0.2) is 0 Å². The zero-order valence-electron chi connectivity index (χ0n) is 8.68.